The molecule has 136 valence electrons. The number of carbonyl (C=O) groups is 2. The van der Waals surface area contributed by atoms with E-state index in [1.807, 2.05) is 36.4 Å². The van der Waals surface area contributed by atoms with Crippen molar-refractivity contribution in [1.82, 2.24) is 9.80 Å². The minimum atomic E-state index is -0.0806. The number of amides is 2. The van der Waals surface area contributed by atoms with Crippen LogP contribution < -0.4 is 4.74 Å². The van der Waals surface area contributed by atoms with E-state index >= 15 is 0 Å². The van der Waals surface area contributed by atoms with E-state index in [9.17, 15) is 9.59 Å². The van der Waals surface area contributed by atoms with Crippen LogP contribution in [0.15, 0.2) is 48.5 Å². The van der Waals surface area contributed by atoms with Gasteiger partial charge in [-0.2, -0.15) is 0 Å². The highest BCUT2D eigenvalue weighted by molar-refractivity contribution is 6.31. The van der Waals surface area contributed by atoms with E-state index in [2.05, 4.69) is 0 Å². The summed E-state index contributed by atoms with van der Waals surface area (Å²) >= 11 is 6.17. The predicted octanol–water partition coefficient (Wildman–Crippen LogP) is 3.22. The number of rotatable bonds is 4. The highest BCUT2D eigenvalue weighted by atomic mass is 35.5. The molecule has 2 aromatic rings. The standard InChI is InChI=1S/C20H21ClN2O3/c1-15(24)22-10-12-23(13-11-22)20(25)17-7-3-5-9-19(17)26-14-16-6-2-4-8-18(16)21/h2-9H,10-14H2,1H3. The monoisotopic (exact) mass is 372 g/mol. The van der Waals surface area contributed by atoms with E-state index in [-0.39, 0.29) is 11.8 Å². The van der Waals surface area contributed by atoms with Crippen molar-refractivity contribution in [2.75, 3.05) is 26.2 Å². The zero-order valence-corrected chi connectivity index (χ0v) is 15.4. The van der Waals surface area contributed by atoms with Gasteiger partial charge in [0.25, 0.3) is 5.91 Å². The third-order valence-electron chi connectivity index (χ3n) is 4.47. The maximum absolute atomic E-state index is 12.9. The Hall–Kier alpha value is -2.53. The largest absolute Gasteiger partial charge is 0.488 e. The van der Waals surface area contributed by atoms with Gasteiger partial charge in [0.1, 0.15) is 12.4 Å². The van der Waals surface area contributed by atoms with Gasteiger partial charge < -0.3 is 14.5 Å². The molecule has 6 heteroatoms. The number of benzene rings is 2. The van der Waals surface area contributed by atoms with Crippen LogP contribution in [0, 0.1) is 0 Å². The van der Waals surface area contributed by atoms with E-state index in [4.69, 9.17) is 16.3 Å². The molecule has 2 amide bonds. The molecule has 1 fully saturated rings. The third-order valence-corrected chi connectivity index (χ3v) is 4.84. The van der Waals surface area contributed by atoms with Gasteiger partial charge in [-0.15, -0.1) is 0 Å². The fourth-order valence-electron chi connectivity index (χ4n) is 2.93. The fraction of sp³-hybridized carbons (Fsp3) is 0.300. The van der Waals surface area contributed by atoms with Crippen LogP contribution in [0.1, 0.15) is 22.8 Å². The Morgan fingerprint density at radius 3 is 2.27 bits per heavy atom. The number of nitrogens with zero attached hydrogens (tertiary/aromatic N) is 2. The lowest BCUT2D eigenvalue weighted by Crippen LogP contribution is -2.50. The molecule has 0 atom stereocenters. The van der Waals surface area contributed by atoms with Crippen LogP contribution in [0.25, 0.3) is 0 Å². The van der Waals surface area contributed by atoms with Crippen molar-refractivity contribution in [3.05, 3.63) is 64.7 Å². The third kappa shape index (κ3) is 4.17. The van der Waals surface area contributed by atoms with Gasteiger partial charge in [0.2, 0.25) is 5.91 Å². The Kier molecular flexibility index (Phi) is 5.78. The second kappa shape index (κ2) is 8.23. The van der Waals surface area contributed by atoms with E-state index in [1.165, 1.54) is 0 Å². The molecule has 0 aromatic heterocycles. The minimum absolute atomic E-state index is 0.0422. The number of ether oxygens (including phenoxy) is 1. The number of hydrogen-bond donors (Lipinski definition) is 0. The van der Waals surface area contributed by atoms with Crippen LogP contribution in [0.3, 0.4) is 0 Å². The average molecular weight is 373 g/mol. The molecule has 1 saturated heterocycles. The summed E-state index contributed by atoms with van der Waals surface area (Å²) < 4.78 is 5.88. The van der Waals surface area contributed by atoms with Crippen molar-refractivity contribution in [3.8, 4) is 5.75 Å². The molecular formula is C20H21ClN2O3. The number of hydrogen-bond acceptors (Lipinski definition) is 3. The molecule has 5 nitrogen and oxygen atoms in total. The molecular weight excluding hydrogens is 352 g/mol. The van der Waals surface area contributed by atoms with Crippen molar-refractivity contribution < 1.29 is 14.3 Å². The van der Waals surface area contributed by atoms with E-state index in [0.29, 0.717) is 49.1 Å². The normalized spacial score (nSPS) is 14.2. The first-order valence-electron chi connectivity index (χ1n) is 8.56. The van der Waals surface area contributed by atoms with Gasteiger partial charge >= 0.3 is 0 Å². The van der Waals surface area contributed by atoms with Crippen molar-refractivity contribution in [2.24, 2.45) is 0 Å². The molecule has 0 spiro atoms. The summed E-state index contributed by atoms with van der Waals surface area (Å²) in [5.74, 6) is 0.495. The zero-order valence-electron chi connectivity index (χ0n) is 14.7. The lowest BCUT2D eigenvalue weighted by Gasteiger charge is -2.34. The van der Waals surface area contributed by atoms with Gasteiger partial charge in [-0.05, 0) is 18.2 Å². The van der Waals surface area contributed by atoms with Crippen molar-refractivity contribution in [1.29, 1.82) is 0 Å². The molecule has 0 radical (unpaired) electrons. The molecule has 3 rings (SSSR count). The number of carbonyl (C=O) groups excluding carboxylic acids is 2. The van der Waals surface area contributed by atoms with Crippen molar-refractivity contribution in [3.63, 3.8) is 0 Å². The van der Waals surface area contributed by atoms with Gasteiger partial charge in [0, 0.05) is 43.7 Å². The van der Waals surface area contributed by atoms with Gasteiger partial charge in [-0.1, -0.05) is 41.9 Å². The molecule has 0 aliphatic carbocycles. The average Bonchev–Trinajstić information content (AvgIpc) is 2.67. The predicted molar refractivity (Wildman–Crippen MR) is 100 cm³/mol. The maximum Gasteiger partial charge on any atom is 0.257 e. The topological polar surface area (TPSA) is 49.9 Å². The van der Waals surface area contributed by atoms with E-state index in [0.717, 1.165) is 5.56 Å². The summed E-state index contributed by atoms with van der Waals surface area (Å²) in [6, 6.07) is 14.7. The maximum atomic E-state index is 12.9. The Bertz CT molecular complexity index is 801. The van der Waals surface area contributed by atoms with Crippen molar-refractivity contribution >= 4 is 23.4 Å². The Labute approximate surface area is 158 Å². The second-order valence-corrected chi connectivity index (χ2v) is 6.58. The zero-order chi connectivity index (χ0) is 18.5. The van der Waals surface area contributed by atoms with Gasteiger partial charge in [0.05, 0.1) is 5.56 Å². The minimum Gasteiger partial charge on any atom is -0.488 e. The van der Waals surface area contributed by atoms with Gasteiger partial charge in [0.15, 0.2) is 0 Å². The van der Waals surface area contributed by atoms with E-state index < -0.39 is 0 Å². The van der Waals surface area contributed by atoms with Crippen LogP contribution in [0.4, 0.5) is 0 Å². The quantitative estimate of drug-likeness (QED) is 0.828. The fourth-order valence-corrected chi connectivity index (χ4v) is 3.13. The first kappa shape index (κ1) is 18.3. The summed E-state index contributed by atoms with van der Waals surface area (Å²) in [5.41, 5.74) is 1.39. The summed E-state index contributed by atoms with van der Waals surface area (Å²) in [4.78, 5) is 27.8. The number of piperazine rings is 1. The lowest BCUT2D eigenvalue weighted by molar-refractivity contribution is -0.130. The Morgan fingerprint density at radius 2 is 1.58 bits per heavy atom. The Morgan fingerprint density at radius 1 is 0.962 bits per heavy atom. The molecule has 1 aliphatic heterocycles. The summed E-state index contributed by atoms with van der Waals surface area (Å²) in [5, 5.41) is 0.636. The lowest BCUT2D eigenvalue weighted by atomic mass is 10.1. The van der Waals surface area contributed by atoms with Crippen LogP contribution in [0.2, 0.25) is 5.02 Å². The van der Waals surface area contributed by atoms with Gasteiger partial charge in [-0.25, -0.2) is 0 Å². The SMILES string of the molecule is CC(=O)N1CCN(C(=O)c2ccccc2OCc2ccccc2Cl)CC1. The molecule has 0 bridgehead atoms. The molecule has 0 unspecified atom stereocenters. The molecule has 26 heavy (non-hydrogen) atoms. The van der Waals surface area contributed by atoms with E-state index in [1.54, 1.807) is 28.9 Å². The summed E-state index contributed by atoms with van der Waals surface area (Å²) in [6.07, 6.45) is 0. The summed E-state index contributed by atoms with van der Waals surface area (Å²) in [6.45, 7) is 4.01. The first-order chi connectivity index (χ1) is 12.6. The molecule has 0 N–H and O–H groups in total. The highest BCUT2D eigenvalue weighted by Gasteiger charge is 2.25. The molecule has 2 aromatic carbocycles. The number of halogens is 1. The molecule has 0 saturated carbocycles. The van der Waals surface area contributed by atoms with Crippen LogP contribution >= 0.6 is 11.6 Å². The smallest absolute Gasteiger partial charge is 0.257 e. The highest BCUT2D eigenvalue weighted by Crippen LogP contribution is 2.23. The summed E-state index contributed by atoms with van der Waals surface area (Å²) in [7, 11) is 0. The number of para-hydroxylation sites is 1. The van der Waals surface area contributed by atoms with Crippen LogP contribution in [-0.2, 0) is 11.4 Å². The Balaban J connectivity index is 1.70. The van der Waals surface area contributed by atoms with Crippen LogP contribution in [-0.4, -0.2) is 47.8 Å². The first-order valence-corrected chi connectivity index (χ1v) is 8.94. The molecule has 1 aliphatic rings. The molecule has 1 heterocycles. The van der Waals surface area contributed by atoms with Gasteiger partial charge in [-0.3, -0.25) is 9.59 Å². The van der Waals surface area contributed by atoms with Crippen LogP contribution in [0.5, 0.6) is 5.75 Å². The second-order valence-electron chi connectivity index (χ2n) is 6.17. The van der Waals surface area contributed by atoms with Crippen molar-refractivity contribution in [2.45, 2.75) is 13.5 Å².